The minimum Gasteiger partial charge on any atom is -0.360 e. The average Bonchev–Trinajstić information content (AvgIpc) is 3.13. The second-order valence-electron chi connectivity index (χ2n) is 8.13. The Labute approximate surface area is 170 Å². The Hall–Kier alpha value is -1.70. The molecule has 7 heteroatoms. The van der Waals surface area contributed by atoms with E-state index in [-0.39, 0.29) is 0 Å². The molecule has 0 spiro atoms. The van der Waals surface area contributed by atoms with Crippen molar-refractivity contribution in [1.82, 2.24) is 19.6 Å². The molecule has 0 aliphatic carbocycles. The molecular weight excluding hydrogens is 420 g/mol. The lowest BCUT2D eigenvalue weighted by atomic mass is 10.1. The Kier molecular flexibility index (Phi) is 6.03. The normalized spacial score (nSPS) is 12.5. The zero-order valence-electron chi connectivity index (χ0n) is 16.7. The molecule has 0 amide bonds. The molecule has 0 fully saturated rings. The zero-order chi connectivity index (χ0) is 19.6. The van der Waals surface area contributed by atoms with Crippen LogP contribution in [0.15, 0.2) is 29.0 Å². The molecule has 0 aliphatic heterocycles. The molecule has 0 N–H and O–H groups in total. The molecule has 5 nitrogen and oxygen atoms in total. The summed E-state index contributed by atoms with van der Waals surface area (Å²) in [6.07, 6.45) is 7.91. The highest BCUT2D eigenvalue weighted by molar-refractivity contribution is 9.10. The molecule has 0 saturated heterocycles. The topological polar surface area (TPSA) is 44.9 Å². The van der Waals surface area contributed by atoms with Gasteiger partial charge < -0.3 is 4.74 Å². The van der Waals surface area contributed by atoms with E-state index in [1.54, 1.807) is 4.68 Å². The van der Waals surface area contributed by atoms with Gasteiger partial charge in [0.2, 0.25) is 0 Å². The van der Waals surface area contributed by atoms with Crippen molar-refractivity contribution in [3.8, 4) is 0 Å². The minimum absolute atomic E-state index is 0.475. The number of halogens is 1. The summed E-state index contributed by atoms with van der Waals surface area (Å²) in [7, 11) is 0.827. The molecule has 27 heavy (non-hydrogen) atoms. The van der Waals surface area contributed by atoms with Crippen molar-refractivity contribution in [2.45, 2.75) is 39.3 Å². The third-order valence-corrected chi connectivity index (χ3v) is 6.99. The van der Waals surface area contributed by atoms with E-state index in [4.69, 9.17) is 9.84 Å². The van der Waals surface area contributed by atoms with Crippen LogP contribution >= 0.6 is 15.9 Å². The quantitative estimate of drug-likeness (QED) is 0.364. The second kappa shape index (κ2) is 8.12. The molecule has 2 aromatic heterocycles. The van der Waals surface area contributed by atoms with E-state index < -0.39 is 8.07 Å². The lowest BCUT2D eigenvalue weighted by Crippen LogP contribution is -2.22. The molecule has 0 atom stereocenters. The van der Waals surface area contributed by atoms with Gasteiger partial charge in [-0.25, -0.2) is 4.68 Å². The summed E-state index contributed by atoms with van der Waals surface area (Å²) in [6, 6.07) is 5.46. The molecule has 0 unspecified atom stereocenters. The highest BCUT2D eigenvalue weighted by atomic mass is 79.9. The number of aryl methyl sites for hydroxylation is 2. The fourth-order valence-corrected chi connectivity index (χ4v) is 3.88. The van der Waals surface area contributed by atoms with Crippen molar-refractivity contribution >= 4 is 47.1 Å². The summed E-state index contributed by atoms with van der Waals surface area (Å²) < 4.78 is 10.8. The molecule has 0 radical (unpaired) electrons. The first kappa shape index (κ1) is 20.0. The summed E-state index contributed by atoms with van der Waals surface area (Å²) in [5.74, 6) is 0. The maximum absolute atomic E-state index is 5.94. The van der Waals surface area contributed by atoms with Crippen LogP contribution in [0.1, 0.15) is 16.8 Å². The highest BCUT2D eigenvalue weighted by Crippen LogP contribution is 2.27. The van der Waals surface area contributed by atoms with E-state index in [9.17, 15) is 0 Å². The van der Waals surface area contributed by atoms with Gasteiger partial charge in [0.1, 0.15) is 6.73 Å². The van der Waals surface area contributed by atoms with Crippen molar-refractivity contribution in [2.24, 2.45) is 7.05 Å². The summed E-state index contributed by atoms with van der Waals surface area (Å²) >= 11 is 3.64. The fourth-order valence-electron chi connectivity index (χ4n) is 2.78. The lowest BCUT2D eigenvalue weighted by Gasteiger charge is -2.15. The Morgan fingerprint density at radius 3 is 2.67 bits per heavy atom. The largest absolute Gasteiger partial charge is 0.360 e. The minimum atomic E-state index is -1.09. The Balaban J connectivity index is 1.87. The molecular formula is C20H27BrN4OSi. The number of rotatable bonds is 7. The van der Waals surface area contributed by atoms with E-state index in [2.05, 4.69) is 59.7 Å². The van der Waals surface area contributed by atoms with E-state index in [1.165, 1.54) is 5.56 Å². The Bertz CT molecular complexity index is 968. The molecule has 2 heterocycles. The standard InChI is InChI=1S/C20H27BrN4OSi/c1-15-10-20-17(11-18(15)21)19(7-6-16-12-22-24(2)13-16)23-25(20)14-26-8-9-27(3,4)5/h6-7,10-13H,8-9,14H2,1-5H3/b7-6+. The van der Waals surface area contributed by atoms with Gasteiger partial charge in [-0.2, -0.15) is 10.2 Å². The monoisotopic (exact) mass is 446 g/mol. The van der Waals surface area contributed by atoms with Crippen molar-refractivity contribution in [3.63, 3.8) is 0 Å². The molecule has 3 aromatic rings. The Morgan fingerprint density at radius 1 is 1.22 bits per heavy atom. The van der Waals surface area contributed by atoms with Crippen LogP contribution in [0.2, 0.25) is 25.7 Å². The number of benzene rings is 1. The maximum Gasteiger partial charge on any atom is 0.140 e. The van der Waals surface area contributed by atoms with Crippen molar-refractivity contribution in [2.75, 3.05) is 6.61 Å². The van der Waals surface area contributed by atoms with Crippen LogP contribution in [0.3, 0.4) is 0 Å². The summed E-state index contributed by atoms with van der Waals surface area (Å²) in [5.41, 5.74) is 4.27. The molecule has 0 saturated carbocycles. The maximum atomic E-state index is 5.94. The number of ether oxygens (including phenoxy) is 1. The van der Waals surface area contributed by atoms with Gasteiger partial charge in [0, 0.05) is 43.3 Å². The molecule has 0 aliphatic rings. The first-order valence-electron chi connectivity index (χ1n) is 9.14. The van der Waals surface area contributed by atoms with E-state index in [0.717, 1.165) is 39.3 Å². The number of nitrogens with zero attached hydrogens (tertiary/aromatic N) is 4. The zero-order valence-corrected chi connectivity index (χ0v) is 19.2. The molecule has 3 rings (SSSR count). The van der Waals surface area contributed by atoms with Crippen LogP contribution in [-0.2, 0) is 18.5 Å². The van der Waals surface area contributed by atoms with Gasteiger partial charge in [-0.05, 0) is 42.8 Å². The van der Waals surface area contributed by atoms with Gasteiger partial charge in [0.25, 0.3) is 0 Å². The lowest BCUT2D eigenvalue weighted by molar-refractivity contribution is 0.0816. The average molecular weight is 447 g/mol. The number of aromatic nitrogens is 4. The van der Waals surface area contributed by atoms with Gasteiger partial charge in [-0.1, -0.05) is 35.6 Å². The van der Waals surface area contributed by atoms with Crippen LogP contribution in [0.5, 0.6) is 0 Å². The van der Waals surface area contributed by atoms with E-state index >= 15 is 0 Å². The smallest absolute Gasteiger partial charge is 0.140 e. The fraction of sp³-hybridized carbons (Fsp3) is 0.400. The number of fused-ring (bicyclic) bond motifs is 1. The molecule has 1 aromatic carbocycles. The third kappa shape index (κ3) is 5.18. The van der Waals surface area contributed by atoms with E-state index in [0.29, 0.717) is 6.73 Å². The van der Waals surface area contributed by atoms with Crippen molar-refractivity contribution < 1.29 is 4.74 Å². The summed E-state index contributed by atoms with van der Waals surface area (Å²) in [6.45, 7) is 10.4. The number of hydrogen-bond acceptors (Lipinski definition) is 3. The van der Waals surface area contributed by atoms with Gasteiger partial charge in [-0.15, -0.1) is 0 Å². The summed E-state index contributed by atoms with van der Waals surface area (Å²) in [5, 5.41) is 10.1. The molecule has 0 bridgehead atoms. The van der Waals surface area contributed by atoms with Gasteiger partial charge >= 0.3 is 0 Å². The molecule has 144 valence electrons. The highest BCUT2D eigenvalue weighted by Gasteiger charge is 2.14. The SMILES string of the molecule is Cc1cc2c(cc1Br)c(/C=C/c1cnn(C)c1)nn2COCC[Si](C)(C)C. The van der Waals surface area contributed by atoms with Gasteiger partial charge in [0.15, 0.2) is 0 Å². The second-order valence-corrected chi connectivity index (χ2v) is 14.6. The predicted octanol–water partition coefficient (Wildman–Crippen LogP) is 5.32. The number of hydrogen-bond donors (Lipinski definition) is 0. The van der Waals surface area contributed by atoms with E-state index in [1.807, 2.05) is 36.3 Å². The van der Waals surface area contributed by atoms with Crippen LogP contribution in [0.25, 0.3) is 23.1 Å². The van der Waals surface area contributed by atoms with Crippen molar-refractivity contribution in [3.05, 3.63) is 45.8 Å². The van der Waals surface area contributed by atoms with Crippen LogP contribution < -0.4 is 0 Å². The predicted molar refractivity (Wildman–Crippen MR) is 118 cm³/mol. The van der Waals surface area contributed by atoms with Crippen LogP contribution in [0.4, 0.5) is 0 Å². The first-order chi connectivity index (χ1) is 12.7. The Morgan fingerprint density at radius 2 is 2.00 bits per heavy atom. The third-order valence-electron chi connectivity index (χ3n) is 4.43. The van der Waals surface area contributed by atoms with Gasteiger partial charge in [0.05, 0.1) is 17.4 Å². The van der Waals surface area contributed by atoms with Crippen LogP contribution in [-0.4, -0.2) is 34.2 Å². The first-order valence-corrected chi connectivity index (χ1v) is 13.6. The van der Waals surface area contributed by atoms with Crippen LogP contribution in [0, 0.1) is 6.92 Å². The summed E-state index contributed by atoms with van der Waals surface area (Å²) in [4.78, 5) is 0. The van der Waals surface area contributed by atoms with Crippen molar-refractivity contribution in [1.29, 1.82) is 0 Å². The van der Waals surface area contributed by atoms with Gasteiger partial charge in [-0.3, -0.25) is 4.68 Å².